The fourth-order valence-corrected chi connectivity index (χ4v) is 4.13. The van der Waals surface area contributed by atoms with Crippen LogP contribution in [0.25, 0.3) is 10.9 Å². The van der Waals surface area contributed by atoms with E-state index in [9.17, 15) is 13.2 Å². The number of carbonyl (C=O) groups excluding carboxylic acids is 1. The first-order chi connectivity index (χ1) is 13.0. The van der Waals surface area contributed by atoms with E-state index in [0.29, 0.717) is 11.1 Å². The molecule has 7 heteroatoms. The van der Waals surface area contributed by atoms with Gasteiger partial charge in [-0.3, -0.25) is 0 Å². The quantitative estimate of drug-likeness (QED) is 0.611. The van der Waals surface area contributed by atoms with Crippen molar-refractivity contribution < 1.29 is 17.9 Å². The van der Waals surface area contributed by atoms with Crippen LogP contribution in [0.4, 0.5) is 0 Å². The lowest BCUT2D eigenvalue weighted by Gasteiger charge is -2.11. The molecule has 0 saturated carbocycles. The van der Waals surface area contributed by atoms with E-state index in [1.165, 1.54) is 0 Å². The summed E-state index contributed by atoms with van der Waals surface area (Å²) in [4.78, 5) is 12.6. The second kappa shape index (κ2) is 7.64. The lowest BCUT2D eigenvalue weighted by Crippen LogP contribution is -2.18. The van der Waals surface area contributed by atoms with E-state index in [0.717, 1.165) is 5.39 Å². The van der Waals surface area contributed by atoms with Crippen molar-refractivity contribution in [3.8, 4) is 6.07 Å². The first-order valence-corrected chi connectivity index (χ1v) is 10.1. The van der Waals surface area contributed by atoms with E-state index in [1.807, 2.05) is 0 Å². The fraction of sp³-hybridized carbons (Fsp3) is 0.200. The van der Waals surface area contributed by atoms with Gasteiger partial charge in [-0.1, -0.05) is 24.3 Å². The van der Waals surface area contributed by atoms with E-state index < -0.39 is 15.8 Å². The van der Waals surface area contributed by atoms with Crippen molar-refractivity contribution in [2.75, 3.05) is 12.4 Å². The van der Waals surface area contributed by atoms with Crippen molar-refractivity contribution in [3.63, 3.8) is 0 Å². The zero-order valence-corrected chi connectivity index (χ0v) is 15.6. The maximum atomic E-state index is 12.6. The van der Waals surface area contributed by atoms with Gasteiger partial charge in [0.05, 0.1) is 34.4 Å². The van der Waals surface area contributed by atoms with E-state index in [4.69, 9.17) is 10.00 Å². The molecule has 1 heterocycles. The number of fused-ring (bicyclic) bond motifs is 1. The predicted octanol–water partition coefficient (Wildman–Crippen LogP) is 3.16. The number of aryl methyl sites for hydroxylation is 1. The Morgan fingerprint density at radius 2 is 1.89 bits per heavy atom. The summed E-state index contributed by atoms with van der Waals surface area (Å²) in [5.74, 6) is -0.700. The van der Waals surface area contributed by atoms with E-state index in [2.05, 4.69) is 6.07 Å². The highest BCUT2D eigenvalue weighted by Crippen LogP contribution is 2.23. The zero-order valence-electron chi connectivity index (χ0n) is 14.8. The van der Waals surface area contributed by atoms with Gasteiger partial charge in [-0.15, -0.1) is 0 Å². The molecule has 0 N–H and O–H groups in total. The van der Waals surface area contributed by atoms with Gasteiger partial charge in [-0.05, 0) is 37.3 Å². The Bertz CT molecular complexity index is 1130. The molecule has 3 aromatic rings. The van der Waals surface area contributed by atoms with Crippen molar-refractivity contribution >= 4 is 26.7 Å². The molecule has 0 saturated heterocycles. The van der Waals surface area contributed by atoms with Gasteiger partial charge < -0.3 is 9.30 Å². The monoisotopic (exact) mass is 382 g/mol. The molecule has 2 aromatic carbocycles. The van der Waals surface area contributed by atoms with Crippen LogP contribution in [0.1, 0.15) is 23.0 Å². The van der Waals surface area contributed by atoms with Crippen LogP contribution in [0.3, 0.4) is 0 Å². The normalized spacial score (nSPS) is 11.3. The summed E-state index contributed by atoms with van der Waals surface area (Å²) < 4.78 is 31.9. The molecule has 0 radical (unpaired) electrons. The number of sulfone groups is 1. The molecular formula is C20H18N2O4S. The first-order valence-electron chi connectivity index (χ1n) is 8.44. The Hall–Kier alpha value is -3.11. The smallest absolute Gasteiger partial charge is 0.354 e. The number of esters is 1. The van der Waals surface area contributed by atoms with Crippen molar-refractivity contribution in [1.29, 1.82) is 5.26 Å². The van der Waals surface area contributed by atoms with Crippen LogP contribution in [0.2, 0.25) is 0 Å². The number of carbonyl (C=O) groups is 1. The van der Waals surface area contributed by atoms with Crippen LogP contribution in [0.5, 0.6) is 0 Å². The number of ether oxygens (including phenoxy) is 1. The van der Waals surface area contributed by atoms with Crippen LogP contribution < -0.4 is 0 Å². The summed E-state index contributed by atoms with van der Waals surface area (Å²) in [5.41, 5.74) is 1.33. The van der Waals surface area contributed by atoms with Gasteiger partial charge in [0.15, 0.2) is 9.84 Å². The highest BCUT2D eigenvalue weighted by molar-refractivity contribution is 7.91. The largest absolute Gasteiger partial charge is 0.461 e. The highest BCUT2D eigenvalue weighted by atomic mass is 32.2. The number of hydrogen-bond donors (Lipinski definition) is 0. The Balaban J connectivity index is 2.02. The third kappa shape index (κ3) is 3.86. The minimum absolute atomic E-state index is 0.0732. The number of benzene rings is 2. The van der Waals surface area contributed by atoms with Gasteiger partial charge in [0.1, 0.15) is 5.69 Å². The number of nitrogens with zero attached hydrogens (tertiary/aromatic N) is 2. The number of nitriles is 1. The first kappa shape index (κ1) is 18.7. The van der Waals surface area contributed by atoms with Gasteiger partial charge in [0, 0.05) is 11.9 Å². The molecule has 0 aliphatic rings. The average Bonchev–Trinajstić information content (AvgIpc) is 3.05. The Labute approximate surface area is 157 Å². The highest BCUT2D eigenvalue weighted by Gasteiger charge is 2.20. The standard InChI is InChI=1S/C20H18N2O4S/c1-2-26-20(23)19-13-16-9-8-15(14-21)12-18(16)22(19)10-11-27(24,25)17-6-4-3-5-7-17/h3-9,12-13H,2,10-11H2,1H3. The van der Waals surface area contributed by atoms with Gasteiger partial charge in [0.25, 0.3) is 0 Å². The molecular weight excluding hydrogens is 364 g/mol. The average molecular weight is 382 g/mol. The zero-order chi connectivity index (χ0) is 19.4. The summed E-state index contributed by atoms with van der Waals surface area (Å²) in [5, 5.41) is 9.89. The van der Waals surface area contributed by atoms with Crippen molar-refractivity contribution in [1.82, 2.24) is 4.57 Å². The van der Waals surface area contributed by atoms with Crippen LogP contribution >= 0.6 is 0 Å². The second-order valence-corrected chi connectivity index (χ2v) is 8.03. The number of aromatic nitrogens is 1. The minimum atomic E-state index is -3.51. The van der Waals surface area contributed by atoms with Crippen molar-refractivity contribution in [3.05, 3.63) is 65.9 Å². The lowest BCUT2D eigenvalue weighted by molar-refractivity contribution is 0.0514. The molecule has 0 aliphatic heterocycles. The molecule has 0 unspecified atom stereocenters. The minimum Gasteiger partial charge on any atom is -0.461 e. The molecule has 0 fully saturated rings. The Morgan fingerprint density at radius 3 is 2.56 bits per heavy atom. The molecule has 3 rings (SSSR count). The molecule has 0 bridgehead atoms. The van der Waals surface area contributed by atoms with Crippen LogP contribution in [-0.2, 0) is 21.1 Å². The fourth-order valence-electron chi connectivity index (χ4n) is 2.90. The summed E-state index contributed by atoms with van der Waals surface area (Å²) in [6.07, 6.45) is 0. The maximum Gasteiger partial charge on any atom is 0.354 e. The predicted molar refractivity (Wildman–Crippen MR) is 101 cm³/mol. The molecule has 0 amide bonds. The van der Waals surface area contributed by atoms with Gasteiger partial charge in [-0.25, -0.2) is 13.2 Å². The molecule has 1 aromatic heterocycles. The summed E-state index contributed by atoms with van der Waals surface area (Å²) in [6.45, 7) is 1.99. The van der Waals surface area contributed by atoms with Crippen LogP contribution in [0.15, 0.2) is 59.5 Å². The number of hydrogen-bond acceptors (Lipinski definition) is 5. The second-order valence-electron chi connectivity index (χ2n) is 5.92. The van der Waals surface area contributed by atoms with E-state index in [1.54, 1.807) is 66.1 Å². The Morgan fingerprint density at radius 1 is 1.15 bits per heavy atom. The molecule has 6 nitrogen and oxygen atoms in total. The van der Waals surface area contributed by atoms with Gasteiger partial charge >= 0.3 is 5.97 Å². The third-order valence-electron chi connectivity index (χ3n) is 4.20. The number of rotatable bonds is 6. The Kier molecular flexibility index (Phi) is 5.28. The van der Waals surface area contributed by atoms with Gasteiger partial charge in [0.2, 0.25) is 0 Å². The third-order valence-corrected chi connectivity index (χ3v) is 5.91. The van der Waals surface area contributed by atoms with Crippen molar-refractivity contribution in [2.24, 2.45) is 0 Å². The van der Waals surface area contributed by atoms with E-state index in [-0.39, 0.29) is 29.5 Å². The lowest BCUT2D eigenvalue weighted by atomic mass is 10.2. The summed E-state index contributed by atoms with van der Waals surface area (Å²) >= 11 is 0. The summed E-state index contributed by atoms with van der Waals surface area (Å²) in [6, 6.07) is 16.9. The topological polar surface area (TPSA) is 89.2 Å². The SMILES string of the molecule is CCOC(=O)c1cc2ccc(C#N)cc2n1CCS(=O)(=O)c1ccccc1. The van der Waals surface area contributed by atoms with Crippen LogP contribution in [-0.4, -0.2) is 31.3 Å². The van der Waals surface area contributed by atoms with Gasteiger partial charge in [-0.2, -0.15) is 5.26 Å². The summed E-state index contributed by atoms with van der Waals surface area (Å²) in [7, 11) is -3.51. The maximum absolute atomic E-state index is 12.6. The molecule has 0 spiro atoms. The molecule has 27 heavy (non-hydrogen) atoms. The molecule has 0 aliphatic carbocycles. The molecule has 0 atom stereocenters. The van der Waals surface area contributed by atoms with Crippen molar-refractivity contribution in [2.45, 2.75) is 18.4 Å². The van der Waals surface area contributed by atoms with Crippen LogP contribution in [0, 0.1) is 11.3 Å². The van der Waals surface area contributed by atoms with E-state index >= 15 is 0 Å². The molecule has 138 valence electrons.